The van der Waals surface area contributed by atoms with Crippen molar-refractivity contribution in [1.29, 1.82) is 0 Å². The van der Waals surface area contributed by atoms with Gasteiger partial charge in [-0.2, -0.15) is 0 Å². The number of anilines is 1. The van der Waals surface area contributed by atoms with Crippen LogP contribution < -0.4 is 10.5 Å². The Morgan fingerprint density at radius 1 is 1.29 bits per heavy atom. The van der Waals surface area contributed by atoms with Crippen LogP contribution in [0.3, 0.4) is 0 Å². The Labute approximate surface area is 135 Å². The number of amides is 1. The van der Waals surface area contributed by atoms with Gasteiger partial charge in [0.15, 0.2) is 0 Å². The van der Waals surface area contributed by atoms with Crippen LogP contribution >= 0.6 is 27.3 Å². The normalized spacial score (nSPS) is 11.4. The molecule has 3 N–H and O–H groups in total. The van der Waals surface area contributed by atoms with Gasteiger partial charge in [-0.15, -0.1) is 11.3 Å². The number of nitrogens with one attached hydrogen (secondary N) is 1. The number of aryl methyl sites for hydroxylation is 2. The number of rotatable bonds is 3. The van der Waals surface area contributed by atoms with Crippen LogP contribution in [0, 0.1) is 13.8 Å². The highest BCUT2D eigenvalue weighted by Gasteiger charge is 2.14. The molecule has 0 unspecified atom stereocenters. The third-order valence-corrected chi connectivity index (χ3v) is 5.63. The van der Waals surface area contributed by atoms with E-state index in [1.54, 1.807) is 0 Å². The van der Waals surface area contributed by atoms with Crippen LogP contribution in [0.4, 0.5) is 5.69 Å². The van der Waals surface area contributed by atoms with Gasteiger partial charge in [-0.25, -0.2) is 13.6 Å². The molecule has 0 aliphatic rings. The number of thiophene rings is 1. The molecule has 1 heterocycles. The Morgan fingerprint density at radius 3 is 2.43 bits per heavy atom. The quantitative estimate of drug-likeness (QED) is 0.846. The summed E-state index contributed by atoms with van der Waals surface area (Å²) >= 11 is 4.64. The van der Waals surface area contributed by atoms with Crippen molar-refractivity contribution in [2.24, 2.45) is 5.14 Å². The van der Waals surface area contributed by atoms with E-state index in [2.05, 4.69) is 21.2 Å². The lowest BCUT2D eigenvalue weighted by molar-refractivity contribution is 0.103. The Hall–Kier alpha value is -1.22. The third-order valence-electron chi connectivity index (χ3n) is 2.91. The minimum atomic E-state index is -3.77. The molecule has 0 aliphatic carbocycles. The molecule has 1 aromatic carbocycles. The molecular weight excluding hydrogens is 376 g/mol. The van der Waals surface area contributed by atoms with E-state index in [0.29, 0.717) is 15.0 Å². The van der Waals surface area contributed by atoms with Crippen molar-refractivity contribution in [3.63, 3.8) is 0 Å². The van der Waals surface area contributed by atoms with Crippen LogP contribution in [0.1, 0.15) is 20.1 Å². The number of carbonyl (C=O) groups is 1. The average molecular weight is 389 g/mol. The summed E-state index contributed by atoms with van der Waals surface area (Å²) in [7, 11) is -3.77. The third kappa shape index (κ3) is 3.70. The average Bonchev–Trinajstić information content (AvgIpc) is 2.71. The fraction of sp³-hybridized carbons (Fsp3) is 0.154. The summed E-state index contributed by atoms with van der Waals surface area (Å²) in [5.41, 5.74) is 1.55. The van der Waals surface area contributed by atoms with Crippen LogP contribution in [0.2, 0.25) is 0 Å². The second-order valence-electron chi connectivity index (χ2n) is 4.49. The lowest BCUT2D eigenvalue weighted by Crippen LogP contribution is -2.13. The molecule has 2 aromatic rings. The molecule has 0 aliphatic heterocycles. The first-order valence-electron chi connectivity index (χ1n) is 5.89. The first-order chi connectivity index (χ1) is 9.68. The van der Waals surface area contributed by atoms with Gasteiger partial charge in [0.2, 0.25) is 10.0 Å². The zero-order valence-corrected chi connectivity index (χ0v) is 14.5. The zero-order chi connectivity index (χ0) is 15.8. The molecule has 8 heteroatoms. The number of sulfonamides is 1. The summed E-state index contributed by atoms with van der Waals surface area (Å²) in [6.45, 7) is 3.90. The van der Waals surface area contributed by atoms with E-state index in [4.69, 9.17) is 5.14 Å². The standard InChI is InChI=1S/C13H13BrN2O3S2/c1-7-5-12(20-8(7)2)13(17)16-11-4-3-9(6-10(11)14)21(15,18)19/h3-6H,1-2H3,(H,16,17)(H2,15,18,19). The monoisotopic (exact) mass is 388 g/mol. The van der Waals surface area contributed by atoms with E-state index in [9.17, 15) is 13.2 Å². The van der Waals surface area contributed by atoms with Crippen molar-refractivity contribution in [3.05, 3.63) is 44.1 Å². The second kappa shape index (κ2) is 5.88. The van der Waals surface area contributed by atoms with Crippen molar-refractivity contribution in [2.45, 2.75) is 18.7 Å². The zero-order valence-electron chi connectivity index (χ0n) is 11.3. The SMILES string of the molecule is Cc1cc(C(=O)Nc2ccc(S(N)(=O)=O)cc2Br)sc1C. The molecule has 5 nitrogen and oxygen atoms in total. The van der Waals surface area contributed by atoms with E-state index in [1.165, 1.54) is 29.5 Å². The number of carbonyl (C=O) groups excluding carboxylic acids is 1. The molecule has 2 rings (SSSR count). The predicted molar refractivity (Wildman–Crippen MR) is 87.3 cm³/mol. The molecule has 0 saturated carbocycles. The highest BCUT2D eigenvalue weighted by Crippen LogP contribution is 2.27. The second-order valence-corrected chi connectivity index (χ2v) is 8.16. The Balaban J connectivity index is 2.26. The van der Waals surface area contributed by atoms with Gasteiger partial charge in [0.05, 0.1) is 15.5 Å². The van der Waals surface area contributed by atoms with E-state index >= 15 is 0 Å². The van der Waals surface area contributed by atoms with Crippen molar-refractivity contribution in [2.75, 3.05) is 5.32 Å². The number of halogens is 1. The smallest absolute Gasteiger partial charge is 0.265 e. The van der Waals surface area contributed by atoms with Gasteiger partial charge >= 0.3 is 0 Å². The minimum absolute atomic E-state index is 0.0183. The van der Waals surface area contributed by atoms with Crippen LogP contribution in [-0.2, 0) is 10.0 Å². The summed E-state index contributed by atoms with van der Waals surface area (Å²) in [5, 5.41) is 7.79. The first-order valence-corrected chi connectivity index (χ1v) is 9.05. The molecule has 0 radical (unpaired) electrons. The highest BCUT2D eigenvalue weighted by atomic mass is 79.9. The number of hydrogen-bond donors (Lipinski definition) is 2. The lowest BCUT2D eigenvalue weighted by Gasteiger charge is -2.07. The Bertz CT molecular complexity index is 793. The minimum Gasteiger partial charge on any atom is -0.320 e. The molecule has 21 heavy (non-hydrogen) atoms. The van der Waals surface area contributed by atoms with Crippen molar-refractivity contribution >= 4 is 48.9 Å². The van der Waals surface area contributed by atoms with Crippen molar-refractivity contribution in [1.82, 2.24) is 0 Å². The Kier molecular flexibility index (Phi) is 4.52. The van der Waals surface area contributed by atoms with Gasteiger partial charge < -0.3 is 5.32 Å². The van der Waals surface area contributed by atoms with Crippen LogP contribution in [0.15, 0.2) is 33.6 Å². The van der Waals surface area contributed by atoms with Gasteiger partial charge in [0.1, 0.15) is 0 Å². The van der Waals surface area contributed by atoms with Gasteiger partial charge in [-0.3, -0.25) is 4.79 Å². The van der Waals surface area contributed by atoms with Gasteiger partial charge in [0.25, 0.3) is 5.91 Å². The molecular formula is C13H13BrN2O3S2. The maximum atomic E-state index is 12.1. The van der Waals surface area contributed by atoms with E-state index in [1.807, 2.05) is 19.9 Å². The summed E-state index contributed by atoms with van der Waals surface area (Å²) in [5.74, 6) is -0.236. The predicted octanol–water partition coefficient (Wildman–Crippen LogP) is 3.03. The van der Waals surface area contributed by atoms with Crippen LogP contribution in [0.25, 0.3) is 0 Å². The fourth-order valence-electron chi connectivity index (χ4n) is 1.64. The Morgan fingerprint density at radius 2 is 1.95 bits per heavy atom. The molecule has 1 amide bonds. The summed E-state index contributed by atoms with van der Waals surface area (Å²) in [4.78, 5) is 13.8. The summed E-state index contributed by atoms with van der Waals surface area (Å²) in [6.07, 6.45) is 0. The lowest BCUT2D eigenvalue weighted by atomic mass is 10.2. The number of nitrogens with two attached hydrogens (primary N) is 1. The number of benzene rings is 1. The molecule has 0 spiro atoms. The van der Waals surface area contributed by atoms with Crippen molar-refractivity contribution in [3.8, 4) is 0 Å². The first kappa shape index (κ1) is 16.2. The van der Waals surface area contributed by atoms with E-state index in [0.717, 1.165) is 10.4 Å². The maximum Gasteiger partial charge on any atom is 0.265 e. The largest absolute Gasteiger partial charge is 0.320 e. The topological polar surface area (TPSA) is 89.3 Å². The van der Waals surface area contributed by atoms with Crippen molar-refractivity contribution < 1.29 is 13.2 Å². The summed E-state index contributed by atoms with van der Waals surface area (Å²) < 4.78 is 23.0. The number of hydrogen-bond acceptors (Lipinski definition) is 4. The number of primary sulfonamides is 1. The molecule has 0 fully saturated rings. The molecule has 0 saturated heterocycles. The van der Waals surface area contributed by atoms with Crippen LogP contribution in [-0.4, -0.2) is 14.3 Å². The highest BCUT2D eigenvalue weighted by molar-refractivity contribution is 9.10. The van der Waals surface area contributed by atoms with Gasteiger partial charge in [-0.05, 0) is 59.6 Å². The molecule has 0 bridgehead atoms. The maximum absolute atomic E-state index is 12.1. The van der Waals surface area contributed by atoms with E-state index in [-0.39, 0.29) is 10.8 Å². The molecule has 112 valence electrons. The summed E-state index contributed by atoms with van der Waals surface area (Å²) in [6, 6.07) is 6.02. The fourth-order valence-corrected chi connectivity index (χ4v) is 3.74. The molecule has 1 aromatic heterocycles. The molecule has 0 atom stereocenters. The van der Waals surface area contributed by atoms with Gasteiger partial charge in [0, 0.05) is 9.35 Å². The van der Waals surface area contributed by atoms with Gasteiger partial charge in [-0.1, -0.05) is 0 Å². The van der Waals surface area contributed by atoms with E-state index < -0.39 is 10.0 Å². The van der Waals surface area contributed by atoms with Crippen LogP contribution in [0.5, 0.6) is 0 Å².